The van der Waals surface area contributed by atoms with Crippen molar-refractivity contribution < 1.29 is 19.3 Å². The summed E-state index contributed by atoms with van der Waals surface area (Å²) in [7, 11) is 0. The minimum Gasteiger partial charge on any atom is -0.325 e. The molecule has 3 N–H and O–H groups in total. The number of nitro benzene ring substituents is 1. The number of fused-ring (bicyclic) bond motifs is 1. The number of rotatable bonds is 9. The van der Waals surface area contributed by atoms with E-state index in [1.807, 2.05) is 12.1 Å². The Balaban J connectivity index is 1.29. The zero-order chi connectivity index (χ0) is 30.6. The Morgan fingerprint density at radius 2 is 1.68 bits per heavy atom. The fourth-order valence-electron chi connectivity index (χ4n) is 5.89. The van der Waals surface area contributed by atoms with Crippen molar-refractivity contribution in [3.63, 3.8) is 0 Å². The Bertz CT molecular complexity index is 1670. The van der Waals surface area contributed by atoms with Crippen LogP contribution < -0.4 is 16.0 Å². The van der Waals surface area contributed by atoms with E-state index in [2.05, 4.69) is 33.0 Å². The number of nitrogens with one attached hydrogen (secondary N) is 3. The first kappa shape index (κ1) is 28.9. The standard InChI is InChI=1S/C33H32N6O5/c40-31-28(36-33(42)37-31)19-22-8-12-24(13-9-22)34-30(29-26-20-25(39(43)44)14-15-27(26)35-32(29)41)23-10-6-21(7-11-23)5-4-18-38-16-2-1-3-17-38/h6-15,19-20,29H,1-5,16-18H2,(H,35,41)(H2,36,37,40,42). The Hall–Kier alpha value is -5.16. The molecular weight excluding hydrogens is 560 g/mol. The van der Waals surface area contributed by atoms with E-state index in [0.717, 1.165) is 24.9 Å². The van der Waals surface area contributed by atoms with Gasteiger partial charge in [0.15, 0.2) is 0 Å². The molecule has 1 atom stereocenters. The second-order valence-electron chi connectivity index (χ2n) is 11.2. The van der Waals surface area contributed by atoms with Gasteiger partial charge in [-0.1, -0.05) is 42.8 Å². The van der Waals surface area contributed by atoms with Gasteiger partial charge in [0.25, 0.3) is 11.6 Å². The Kier molecular flexibility index (Phi) is 8.29. The van der Waals surface area contributed by atoms with Crippen LogP contribution in [0.25, 0.3) is 6.08 Å². The second-order valence-corrected chi connectivity index (χ2v) is 11.2. The van der Waals surface area contributed by atoms with Gasteiger partial charge in [-0.05, 0) is 86.3 Å². The van der Waals surface area contributed by atoms with Gasteiger partial charge in [0.1, 0.15) is 11.6 Å². The van der Waals surface area contributed by atoms with Crippen molar-refractivity contribution in [2.45, 2.75) is 38.0 Å². The predicted octanol–water partition coefficient (Wildman–Crippen LogP) is 5.05. The van der Waals surface area contributed by atoms with Gasteiger partial charge in [-0.2, -0.15) is 0 Å². The summed E-state index contributed by atoms with van der Waals surface area (Å²) >= 11 is 0. The van der Waals surface area contributed by atoms with Crippen molar-refractivity contribution in [2.75, 3.05) is 25.0 Å². The number of hydrogen-bond acceptors (Lipinski definition) is 7. The van der Waals surface area contributed by atoms with Crippen molar-refractivity contribution in [2.24, 2.45) is 4.99 Å². The molecule has 6 rings (SSSR count). The lowest BCUT2D eigenvalue weighted by atomic mass is 9.89. The van der Waals surface area contributed by atoms with E-state index < -0.39 is 22.8 Å². The number of urea groups is 1. The number of nitrogens with zero attached hydrogens (tertiary/aromatic N) is 3. The summed E-state index contributed by atoms with van der Waals surface area (Å²) in [4.78, 5) is 55.2. The molecule has 3 aromatic carbocycles. The molecule has 0 saturated carbocycles. The van der Waals surface area contributed by atoms with Crippen LogP contribution in [0.5, 0.6) is 0 Å². The van der Waals surface area contributed by atoms with Crippen LogP contribution in [0.2, 0.25) is 0 Å². The number of non-ortho nitro benzene ring substituents is 1. The largest absolute Gasteiger partial charge is 0.326 e. The summed E-state index contributed by atoms with van der Waals surface area (Å²) in [5.41, 5.74) is 4.68. The fraction of sp³-hybridized carbons (Fsp3) is 0.273. The van der Waals surface area contributed by atoms with Gasteiger partial charge in [0.2, 0.25) is 5.91 Å². The van der Waals surface area contributed by atoms with Gasteiger partial charge in [-0.3, -0.25) is 30.0 Å². The maximum Gasteiger partial charge on any atom is 0.326 e. The number of amides is 4. The highest BCUT2D eigenvalue weighted by Gasteiger charge is 2.36. The summed E-state index contributed by atoms with van der Waals surface area (Å²) in [5, 5.41) is 19.0. The number of likely N-dealkylation sites (tertiary alicyclic amines) is 1. The zero-order valence-corrected chi connectivity index (χ0v) is 24.0. The first-order valence-corrected chi connectivity index (χ1v) is 14.8. The molecule has 0 radical (unpaired) electrons. The van der Waals surface area contributed by atoms with Crippen LogP contribution >= 0.6 is 0 Å². The number of piperidine rings is 1. The predicted molar refractivity (Wildman–Crippen MR) is 167 cm³/mol. The second kappa shape index (κ2) is 12.6. The SMILES string of the molecule is O=C1NC(=O)C(=Cc2ccc(N=C(c3ccc(CCCN4CCCCC4)cc3)C3C(=O)Nc4ccc([N+](=O)[O-])cc43)cc2)N1. The molecule has 2 fully saturated rings. The van der Waals surface area contributed by atoms with E-state index in [1.165, 1.54) is 50.0 Å². The zero-order valence-electron chi connectivity index (χ0n) is 24.0. The normalized spacial score (nSPS) is 19.5. The lowest BCUT2D eigenvalue weighted by molar-refractivity contribution is -0.384. The molecule has 0 aliphatic carbocycles. The van der Waals surface area contributed by atoms with E-state index in [9.17, 15) is 24.5 Å². The highest BCUT2D eigenvalue weighted by Crippen LogP contribution is 2.38. The maximum atomic E-state index is 13.3. The summed E-state index contributed by atoms with van der Waals surface area (Å²) in [5.74, 6) is -1.67. The van der Waals surface area contributed by atoms with Crippen LogP contribution in [0.3, 0.4) is 0 Å². The average Bonchev–Trinajstić information content (AvgIpc) is 3.53. The number of carbonyl (C=O) groups excluding carboxylic acids is 3. The number of imide groups is 1. The van der Waals surface area contributed by atoms with Gasteiger partial charge < -0.3 is 15.5 Å². The number of anilines is 1. The van der Waals surface area contributed by atoms with Gasteiger partial charge in [0.05, 0.1) is 16.3 Å². The molecule has 3 aliphatic rings. The molecule has 3 heterocycles. The quantitative estimate of drug-likeness (QED) is 0.104. The van der Waals surface area contributed by atoms with Crippen LogP contribution in [-0.4, -0.2) is 53.0 Å². The molecule has 0 aromatic heterocycles. The summed E-state index contributed by atoms with van der Waals surface area (Å²) in [6, 6.07) is 18.8. The highest BCUT2D eigenvalue weighted by molar-refractivity contribution is 6.24. The number of aliphatic imine (C=N–C) groups is 1. The molecule has 3 aliphatic heterocycles. The minimum absolute atomic E-state index is 0.103. The van der Waals surface area contributed by atoms with E-state index in [-0.39, 0.29) is 17.3 Å². The van der Waals surface area contributed by atoms with Crippen LogP contribution in [0.1, 0.15) is 53.9 Å². The third kappa shape index (κ3) is 6.42. The summed E-state index contributed by atoms with van der Waals surface area (Å²) < 4.78 is 0. The molecular formula is C33H32N6O5. The van der Waals surface area contributed by atoms with E-state index in [0.29, 0.717) is 28.2 Å². The van der Waals surface area contributed by atoms with Gasteiger partial charge >= 0.3 is 6.03 Å². The molecule has 4 amide bonds. The monoisotopic (exact) mass is 592 g/mol. The average molecular weight is 593 g/mol. The smallest absolute Gasteiger partial charge is 0.325 e. The van der Waals surface area contributed by atoms with Crippen molar-refractivity contribution in [3.05, 3.63) is 105 Å². The van der Waals surface area contributed by atoms with Crippen molar-refractivity contribution >= 4 is 46.7 Å². The van der Waals surface area contributed by atoms with Crippen LogP contribution in [0, 0.1) is 10.1 Å². The third-order valence-electron chi connectivity index (χ3n) is 8.16. The first-order valence-electron chi connectivity index (χ1n) is 14.8. The Labute approximate surface area is 254 Å². The molecule has 0 spiro atoms. The van der Waals surface area contributed by atoms with E-state index in [4.69, 9.17) is 4.99 Å². The van der Waals surface area contributed by atoms with Gasteiger partial charge in [-0.15, -0.1) is 0 Å². The minimum atomic E-state index is -0.853. The molecule has 3 aromatic rings. The van der Waals surface area contributed by atoms with Crippen LogP contribution in [0.4, 0.5) is 21.9 Å². The fourth-order valence-corrected chi connectivity index (χ4v) is 5.89. The lowest BCUT2D eigenvalue weighted by Crippen LogP contribution is -2.30. The topological polar surface area (TPSA) is 146 Å². The maximum absolute atomic E-state index is 13.3. The highest BCUT2D eigenvalue weighted by atomic mass is 16.6. The van der Waals surface area contributed by atoms with Gasteiger partial charge in [0, 0.05) is 23.4 Å². The van der Waals surface area contributed by atoms with E-state index in [1.54, 1.807) is 36.4 Å². The van der Waals surface area contributed by atoms with E-state index >= 15 is 0 Å². The number of hydrogen-bond donors (Lipinski definition) is 3. The van der Waals surface area contributed by atoms with Crippen LogP contribution in [0.15, 0.2) is 77.4 Å². The van der Waals surface area contributed by atoms with Crippen molar-refractivity contribution in [1.29, 1.82) is 0 Å². The molecule has 44 heavy (non-hydrogen) atoms. The molecule has 0 bridgehead atoms. The molecule has 11 nitrogen and oxygen atoms in total. The lowest BCUT2D eigenvalue weighted by Gasteiger charge is -2.26. The molecule has 1 unspecified atom stereocenters. The summed E-state index contributed by atoms with van der Waals surface area (Å²) in [6.45, 7) is 3.42. The van der Waals surface area contributed by atoms with Crippen molar-refractivity contribution in [1.82, 2.24) is 15.5 Å². The number of nitro groups is 1. The van der Waals surface area contributed by atoms with Crippen molar-refractivity contribution in [3.8, 4) is 0 Å². The Morgan fingerprint density at radius 1 is 0.932 bits per heavy atom. The number of aryl methyl sites for hydroxylation is 1. The number of carbonyl (C=O) groups is 3. The van der Waals surface area contributed by atoms with Crippen LogP contribution in [-0.2, 0) is 16.0 Å². The first-order chi connectivity index (χ1) is 21.3. The molecule has 11 heteroatoms. The molecule has 2 saturated heterocycles. The third-order valence-corrected chi connectivity index (χ3v) is 8.16. The summed E-state index contributed by atoms with van der Waals surface area (Å²) in [6.07, 6.45) is 7.42. The number of benzene rings is 3. The van der Waals surface area contributed by atoms with Gasteiger partial charge in [-0.25, -0.2) is 4.79 Å². The molecule has 224 valence electrons. The Morgan fingerprint density at radius 3 is 2.36 bits per heavy atom.